The van der Waals surface area contributed by atoms with Gasteiger partial charge in [0.05, 0.1) is 17.5 Å². The predicted octanol–water partition coefficient (Wildman–Crippen LogP) is 0.141. The minimum atomic E-state index is -0.155. The molecule has 1 saturated heterocycles. The lowest BCUT2D eigenvalue weighted by Crippen LogP contribution is -2.56. The zero-order valence-corrected chi connectivity index (χ0v) is 8.58. The number of aromatic nitrogens is 2. The number of carbonyl (C=O) groups excluding carboxylic acids is 1. The summed E-state index contributed by atoms with van der Waals surface area (Å²) in [6.07, 6.45) is 2.32. The molecule has 14 heavy (non-hydrogen) atoms. The van der Waals surface area contributed by atoms with Crippen LogP contribution in [-0.2, 0) is 18.3 Å². The Bertz CT molecular complexity index is 352. The quantitative estimate of drug-likeness (QED) is 0.743. The molecule has 4 heteroatoms. The molecule has 0 radical (unpaired) electrons. The standard InChI is InChI=1S/C10H15N3O/c1-10(6-11-7-10)9(14)5-8-3-4-13(2)12-8/h3-4,11H,5-7H2,1-2H3. The molecule has 0 bridgehead atoms. The van der Waals surface area contributed by atoms with Gasteiger partial charge in [0.1, 0.15) is 5.78 Å². The van der Waals surface area contributed by atoms with Crippen molar-refractivity contribution in [2.45, 2.75) is 13.3 Å². The third kappa shape index (κ3) is 1.57. The van der Waals surface area contributed by atoms with Crippen LogP contribution in [0.3, 0.4) is 0 Å². The predicted molar refractivity (Wildman–Crippen MR) is 52.9 cm³/mol. The third-order valence-corrected chi connectivity index (χ3v) is 2.81. The average Bonchev–Trinajstić information content (AvgIpc) is 2.47. The summed E-state index contributed by atoms with van der Waals surface area (Å²) in [4.78, 5) is 11.8. The lowest BCUT2D eigenvalue weighted by Gasteiger charge is -2.37. The summed E-state index contributed by atoms with van der Waals surface area (Å²) >= 11 is 0. The lowest BCUT2D eigenvalue weighted by atomic mass is 9.78. The maximum absolute atomic E-state index is 11.8. The molecular weight excluding hydrogens is 178 g/mol. The van der Waals surface area contributed by atoms with Crippen molar-refractivity contribution in [3.63, 3.8) is 0 Å². The molecule has 0 aromatic carbocycles. The van der Waals surface area contributed by atoms with Gasteiger partial charge in [-0.25, -0.2) is 0 Å². The third-order valence-electron chi connectivity index (χ3n) is 2.81. The van der Waals surface area contributed by atoms with Crippen LogP contribution in [0.1, 0.15) is 12.6 Å². The minimum absolute atomic E-state index is 0.155. The van der Waals surface area contributed by atoms with Gasteiger partial charge < -0.3 is 5.32 Å². The number of Topliss-reactive ketones (excluding diaryl/α,β-unsaturated/α-hetero) is 1. The van der Waals surface area contributed by atoms with E-state index in [1.54, 1.807) is 4.68 Å². The van der Waals surface area contributed by atoms with Gasteiger partial charge in [-0.05, 0) is 6.07 Å². The van der Waals surface area contributed by atoms with Crippen LogP contribution in [0, 0.1) is 5.41 Å². The largest absolute Gasteiger partial charge is 0.315 e. The Morgan fingerprint density at radius 1 is 1.71 bits per heavy atom. The van der Waals surface area contributed by atoms with Crippen molar-refractivity contribution in [2.24, 2.45) is 12.5 Å². The van der Waals surface area contributed by atoms with Crippen LogP contribution in [-0.4, -0.2) is 28.7 Å². The number of aryl methyl sites for hydroxylation is 1. The number of rotatable bonds is 3. The van der Waals surface area contributed by atoms with E-state index < -0.39 is 0 Å². The lowest BCUT2D eigenvalue weighted by molar-refractivity contribution is -0.129. The fraction of sp³-hybridized carbons (Fsp3) is 0.600. The first-order chi connectivity index (χ1) is 6.60. The van der Waals surface area contributed by atoms with Crippen LogP contribution in [0.2, 0.25) is 0 Å². The highest BCUT2D eigenvalue weighted by molar-refractivity contribution is 5.87. The van der Waals surface area contributed by atoms with E-state index in [1.165, 1.54) is 0 Å². The smallest absolute Gasteiger partial charge is 0.147 e. The van der Waals surface area contributed by atoms with E-state index >= 15 is 0 Å². The topological polar surface area (TPSA) is 46.9 Å². The number of hydrogen-bond donors (Lipinski definition) is 1. The monoisotopic (exact) mass is 193 g/mol. The van der Waals surface area contributed by atoms with Gasteiger partial charge in [0.2, 0.25) is 0 Å². The van der Waals surface area contributed by atoms with Gasteiger partial charge in [-0.15, -0.1) is 0 Å². The second-order valence-corrected chi connectivity index (χ2v) is 4.24. The molecule has 1 aliphatic heterocycles. The van der Waals surface area contributed by atoms with Gasteiger partial charge in [0, 0.05) is 26.3 Å². The first-order valence-corrected chi connectivity index (χ1v) is 4.83. The van der Waals surface area contributed by atoms with Crippen molar-refractivity contribution in [3.8, 4) is 0 Å². The van der Waals surface area contributed by atoms with Crippen LogP contribution in [0.25, 0.3) is 0 Å². The summed E-state index contributed by atoms with van der Waals surface area (Å²) in [7, 11) is 1.86. The van der Waals surface area contributed by atoms with E-state index in [9.17, 15) is 4.79 Å². The molecule has 1 aromatic rings. The van der Waals surface area contributed by atoms with Crippen LogP contribution >= 0.6 is 0 Å². The van der Waals surface area contributed by atoms with E-state index in [0.717, 1.165) is 18.8 Å². The highest BCUT2D eigenvalue weighted by Gasteiger charge is 2.38. The Hall–Kier alpha value is -1.16. The van der Waals surface area contributed by atoms with Crippen molar-refractivity contribution in [1.82, 2.24) is 15.1 Å². The zero-order valence-electron chi connectivity index (χ0n) is 8.58. The summed E-state index contributed by atoms with van der Waals surface area (Å²) in [5.41, 5.74) is 0.711. The summed E-state index contributed by atoms with van der Waals surface area (Å²) in [5.74, 6) is 0.287. The molecule has 0 saturated carbocycles. The van der Waals surface area contributed by atoms with Crippen molar-refractivity contribution in [2.75, 3.05) is 13.1 Å². The van der Waals surface area contributed by atoms with E-state index in [4.69, 9.17) is 0 Å². The second kappa shape index (κ2) is 3.20. The molecule has 4 nitrogen and oxygen atoms in total. The van der Waals surface area contributed by atoms with Gasteiger partial charge in [0.15, 0.2) is 0 Å². The first-order valence-electron chi connectivity index (χ1n) is 4.83. The second-order valence-electron chi connectivity index (χ2n) is 4.24. The van der Waals surface area contributed by atoms with Crippen LogP contribution in [0.15, 0.2) is 12.3 Å². The summed E-state index contributed by atoms with van der Waals surface area (Å²) in [5, 5.41) is 7.33. The fourth-order valence-corrected chi connectivity index (χ4v) is 1.63. The van der Waals surface area contributed by atoms with Crippen molar-refractivity contribution >= 4 is 5.78 Å². The summed E-state index contributed by atoms with van der Waals surface area (Å²) in [6, 6.07) is 1.90. The SMILES string of the molecule is Cn1ccc(CC(=O)C2(C)CNC2)n1. The van der Waals surface area contributed by atoms with Crippen LogP contribution < -0.4 is 5.32 Å². The molecule has 0 aliphatic carbocycles. The van der Waals surface area contributed by atoms with E-state index in [1.807, 2.05) is 26.2 Å². The Kier molecular flexibility index (Phi) is 2.15. The fourth-order valence-electron chi connectivity index (χ4n) is 1.63. The summed E-state index contributed by atoms with van der Waals surface area (Å²) < 4.78 is 1.73. The number of nitrogens with one attached hydrogen (secondary N) is 1. The average molecular weight is 193 g/mol. The molecule has 0 amide bonds. The normalized spacial score (nSPS) is 19.0. The van der Waals surface area contributed by atoms with Crippen molar-refractivity contribution in [3.05, 3.63) is 18.0 Å². The van der Waals surface area contributed by atoms with Crippen molar-refractivity contribution < 1.29 is 4.79 Å². The Balaban J connectivity index is 2.01. The molecule has 0 atom stereocenters. The molecular formula is C10H15N3O. The Morgan fingerprint density at radius 2 is 2.43 bits per heavy atom. The molecule has 1 fully saturated rings. The molecule has 2 rings (SSSR count). The Morgan fingerprint density at radius 3 is 2.86 bits per heavy atom. The number of hydrogen-bond acceptors (Lipinski definition) is 3. The van der Waals surface area contributed by atoms with Gasteiger partial charge in [0.25, 0.3) is 0 Å². The maximum Gasteiger partial charge on any atom is 0.147 e. The molecule has 0 unspecified atom stereocenters. The van der Waals surface area contributed by atoms with Crippen LogP contribution in [0.4, 0.5) is 0 Å². The van der Waals surface area contributed by atoms with Crippen molar-refractivity contribution in [1.29, 1.82) is 0 Å². The number of carbonyl (C=O) groups is 1. The van der Waals surface area contributed by atoms with Gasteiger partial charge in [-0.2, -0.15) is 5.10 Å². The molecule has 2 heterocycles. The number of ketones is 1. The maximum atomic E-state index is 11.8. The molecule has 0 spiro atoms. The van der Waals surface area contributed by atoms with Gasteiger partial charge >= 0.3 is 0 Å². The first kappa shape index (κ1) is 9.40. The van der Waals surface area contributed by atoms with E-state index in [2.05, 4.69) is 10.4 Å². The van der Waals surface area contributed by atoms with E-state index in [-0.39, 0.29) is 11.2 Å². The van der Waals surface area contributed by atoms with Gasteiger partial charge in [-0.1, -0.05) is 6.92 Å². The molecule has 1 aromatic heterocycles. The summed E-state index contributed by atoms with van der Waals surface area (Å²) in [6.45, 7) is 3.62. The molecule has 1 N–H and O–H groups in total. The van der Waals surface area contributed by atoms with Crippen LogP contribution in [0.5, 0.6) is 0 Å². The zero-order chi connectivity index (χ0) is 10.2. The minimum Gasteiger partial charge on any atom is -0.315 e. The Labute approximate surface area is 83.3 Å². The highest BCUT2D eigenvalue weighted by Crippen LogP contribution is 2.23. The number of nitrogens with zero attached hydrogens (tertiary/aromatic N) is 2. The van der Waals surface area contributed by atoms with E-state index in [0.29, 0.717) is 6.42 Å². The molecule has 1 aliphatic rings. The molecule has 76 valence electrons. The van der Waals surface area contributed by atoms with Gasteiger partial charge in [-0.3, -0.25) is 9.48 Å². The highest BCUT2D eigenvalue weighted by atomic mass is 16.1.